The quantitative estimate of drug-likeness (QED) is 0.873. The average molecular weight is 234 g/mol. The first-order chi connectivity index (χ1) is 8.31. The Morgan fingerprint density at radius 1 is 1.41 bits per heavy atom. The van der Waals surface area contributed by atoms with Crippen molar-refractivity contribution in [2.24, 2.45) is 5.92 Å². The molecule has 0 aromatic carbocycles. The highest BCUT2D eigenvalue weighted by molar-refractivity contribution is 5.18. The molecular weight excluding hydrogens is 212 g/mol. The van der Waals surface area contributed by atoms with Crippen molar-refractivity contribution >= 4 is 0 Å². The van der Waals surface area contributed by atoms with E-state index >= 15 is 0 Å². The van der Waals surface area contributed by atoms with Crippen LogP contribution in [0.2, 0.25) is 0 Å². The number of rotatable bonds is 3. The van der Waals surface area contributed by atoms with Crippen LogP contribution >= 0.6 is 0 Å². The van der Waals surface area contributed by atoms with Gasteiger partial charge in [-0.1, -0.05) is 6.92 Å². The zero-order valence-electron chi connectivity index (χ0n) is 10.7. The molecular formula is C14H22N2O. The van der Waals surface area contributed by atoms with E-state index in [-0.39, 0.29) is 0 Å². The number of imidazole rings is 1. The first kappa shape index (κ1) is 11.3. The maximum atomic E-state index is 5.65. The van der Waals surface area contributed by atoms with Crippen molar-refractivity contribution in [2.45, 2.75) is 58.0 Å². The molecule has 0 amide bonds. The summed E-state index contributed by atoms with van der Waals surface area (Å²) in [6.45, 7) is 3.28. The monoisotopic (exact) mass is 234 g/mol. The summed E-state index contributed by atoms with van der Waals surface area (Å²) in [7, 11) is 0. The Morgan fingerprint density at radius 3 is 3.18 bits per heavy atom. The Kier molecular flexibility index (Phi) is 3.19. The molecule has 94 valence electrons. The second-order valence-corrected chi connectivity index (χ2v) is 5.63. The predicted octanol–water partition coefficient (Wildman–Crippen LogP) is 2.65. The van der Waals surface area contributed by atoms with Crippen LogP contribution < -0.4 is 0 Å². The molecule has 1 aromatic heterocycles. The standard InChI is InChI=1S/C14H22N2O/c1-10-4-6-12-13(9-10)16-14(15-12)7-5-11-3-2-8-17-11/h10-11H,2-9H2,1H3,(H,15,16). The van der Waals surface area contributed by atoms with Gasteiger partial charge in [0.15, 0.2) is 0 Å². The summed E-state index contributed by atoms with van der Waals surface area (Å²) in [4.78, 5) is 8.26. The van der Waals surface area contributed by atoms with Crippen LogP contribution in [0.25, 0.3) is 0 Å². The first-order valence-corrected chi connectivity index (χ1v) is 6.99. The van der Waals surface area contributed by atoms with E-state index in [1.54, 1.807) is 0 Å². The molecule has 0 bridgehead atoms. The zero-order valence-corrected chi connectivity index (χ0v) is 10.7. The third-order valence-electron chi connectivity index (χ3n) is 4.07. The van der Waals surface area contributed by atoms with E-state index in [1.807, 2.05) is 0 Å². The van der Waals surface area contributed by atoms with Gasteiger partial charge in [0.25, 0.3) is 0 Å². The van der Waals surface area contributed by atoms with Crippen LogP contribution in [0.5, 0.6) is 0 Å². The second kappa shape index (κ2) is 4.81. The van der Waals surface area contributed by atoms with Crippen molar-refractivity contribution < 1.29 is 4.74 Å². The Bertz CT molecular complexity index is 380. The van der Waals surface area contributed by atoms with E-state index in [0.717, 1.165) is 31.8 Å². The van der Waals surface area contributed by atoms with E-state index in [2.05, 4.69) is 11.9 Å². The Labute approximate surface area is 103 Å². The number of aromatic amines is 1. The van der Waals surface area contributed by atoms with Gasteiger partial charge in [0.05, 0.1) is 11.8 Å². The summed E-state index contributed by atoms with van der Waals surface area (Å²) < 4.78 is 5.65. The van der Waals surface area contributed by atoms with Crippen LogP contribution in [-0.4, -0.2) is 22.7 Å². The maximum absolute atomic E-state index is 5.65. The average Bonchev–Trinajstić information content (AvgIpc) is 2.94. The van der Waals surface area contributed by atoms with Crippen molar-refractivity contribution in [1.29, 1.82) is 0 Å². The number of fused-ring (bicyclic) bond motifs is 1. The van der Waals surface area contributed by atoms with Crippen molar-refractivity contribution in [1.82, 2.24) is 9.97 Å². The molecule has 0 radical (unpaired) electrons. The second-order valence-electron chi connectivity index (χ2n) is 5.63. The molecule has 1 N–H and O–H groups in total. The highest BCUT2D eigenvalue weighted by Gasteiger charge is 2.20. The van der Waals surface area contributed by atoms with Crippen molar-refractivity contribution in [2.75, 3.05) is 6.61 Å². The summed E-state index contributed by atoms with van der Waals surface area (Å²) in [6, 6.07) is 0. The lowest BCUT2D eigenvalue weighted by atomic mass is 9.92. The molecule has 1 aromatic rings. The van der Waals surface area contributed by atoms with Gasteiger partial charge < -0.3 is 9.72 Å². The van der Waals surface area contributed by atoms with Crippen LogP contribution in [0.15, 0.2) is 0 Å². The fraction of sp³-hybridized carbons (Fsp3) is 0.786. The number of aryl methyl sites for hydroxylation is 2. The van der Waals surface area contributed by atoms with Crippen molar-refractivity contribution in [3.63, 3.8) is 0 Å². The van der Waals surface area contributed by atoms with E-state index in [9.17, 15) is 0 Å². The summed E-state index contributed by atoms with van der Waals surface area (Å²) in [5.74, 6) is 1.99. The maximum Gasteiger partial charge on any atom is 0.106 e. The minimum atomic E-state index is 0.482. The van der Waals surface area contributed by atoms with Crippen LogP contribution in [0.1, 0.15) is 49.8 Å². The number of hydrogen-bond donors (Lipinski definition) is 1. The van der Waals surface area contributed by atoms with Crippen LogP contribution in [0.3, 0.4) is 0 Å². The molecule has 3 rings (SSSR count). The Balaban J connectivity index is 1.60. The first-order valence-electron chi connectivity index (χ1n) is 6.99. The van der Waals surface area contributed by atoms with Gasteiger partial charge in [0.2, 0.25) is 0 Å². The van der Waals surface area contributed by atoms with E-state index in [4.69, 9.17) is 9.72 Å². The van der Waals surface area contributed by atoms with E-state index < -0.39 is 0 Å². The molecule has 1 aliphatic heterocycles. The Hall–Kier alpha value is -0.830. The fourth-order valence-electron chi connectivity index (χ4n) is 3.00. The summed E-state index contributed by atoms with van der Waals surface area (Å²) in [5.41, 5.74) is 2.72. The molecule has 2 aliphatic rings. The molecule has 3 nitrogen and oxygen atoms in total. The summed E-state index contributed by atoms with van der Waals surface area (Å²) in [5, 5.41) is 0. The number of ether oxygens (including phenoxy) is 1. The van der Waals surface area contributed by atoms with Crippen LogP contribution in [0, 0.1) is 5.92 Å². The molecule has 1 fully saturated rings. The molecule has 1 saturated heterocycles. The molecule has 2 unspecified atom stereocenters. The SMILES string of the molecule is CC1CCc2nc(CCC3CCCO3)[nH]c2C1. The molecule has 0 spiro atoms. The number of hydrogen-bond acceptors (Lipinski definition) is 2. The van der Waals surface area contributed by atoms with Crippen LogP contribution in [-0.2, 0) is 24.0 Å². The lowest BCUT2D eigenvalue weighted by molar-refractivity contribution is 0.104. The number of H-pyrrole nitrogens is 1. The lowest BCUT2D eigenvalue weighted by Gasteiger charge is -2.15. The van der Waals surface area contributed by atoms with Gasteiger partial charge >= 0.3 is 0 Å². The van der Waals surface area contributed by atoms with Gasteiger partial charge in [-0.3, -0.25) is 0 Å². The molecule has 17 heavy (non-hydrogen) atoms. The zero-order chi connectivity index (χ0) is 11.7. The molecule has 3 heteroatoms. The third-order valence-corrected chi connectivity index (χ3v) is 4.07. The fourth-order valence-corrected chi connectivity index (χ4v) is 3.00. The lowest BCUT2D eigenvalue weighted by Crippen LogP contribution is -2.10. The third kappa shape index (κ3) is 2.54. The van der Waals surface area contributed by atoms with Crippen molar-refractivity contribution in [3.8, 4) is 0 Å². The summed E-state index contributed by atoms with van der Waals surface area (Å²) >= 11 is 0. The number of aromatic nitrogens is 2. The van der Waals surface area contributed by atoms with Gasteiger partial charge in [-0.15, -0.1) is 0 Å². The van der Waals surface area contributed by atoms with E-state index in [0.29, 0.717) is 6.10 Å². The molecule has 2 atom stereocenters. The van der Waals surface area contributed by atoms with E-state index in [1.165, 1.54) is 42.9 Å². The van der Waals surface area contributed by atoms with Gasteiger partial charge in [0.1, 0.15) is 5.82 Å². The van der Waals surface area contributed by atoms with Gasteiger partial charge in [0, 0.05) is 18.7 Å². The highest BCUT2D eigenvalue weighted by atomic mass is 16.5. The molecule has 0 saturated carbocycles. The molecule has 2 heterocycles. The normalized spacial score (nSPS) is 28.3. The topological polar surface area (TPSA) is 37.9 Å². The van der Waals surface area contributed by atoms with Gasteiger partial charge in [-0.05, 0) is 44.4 Å². The molecule has 1 aliphatic carbocycles. The predicted molar refractivity (Wildman–Crippen MR) is 67.1 cm³/mol. The minimum Gasteiger partial charge on any atom is -0.378 e. The van der Waals surface area contributed by atoms with Gasteiger partial charge in [-0.25, -0.2) is 4.98 Å². The highest BCUT2D eigenvalue weighted by Crippen LogP contribution is 2.24. The number of nitrogens with one attached hydrogen (secondary N) is 1. The number of nitrogens with zero attached hydrogens (tertiary/aromatic N) is 1. The Morgan fingerprint density at radius 2 is 2.35 bits per heavy atom. The largest absolute Gasteiger partial charge is 0.378 e. The summed E-state index contributed by atoms with van der Waals surface area (Å²) in [6.07, 6.45) is 8.76. The van der Waals surface area contributed by atoms with Crippen LogP contribution in [0.4, 0.5) is 0 Å². The van der Waals surface area contributed by atoms with Crippen molar-refractivity contribution in [3.05, 3.63) is 17.2 Å². The smallest absolute Gasteiger partial charge is 0.106 e. The van der Waals surface area contributed by atoms with Gasteiger partial charge in [-0.2, -0.15) is 0 Å². The minimum absolute atomic E-state index is 0.482.